The van der Waals surface area contributed by atoms with Crippen molar-refractivity contribution in [1.82, 2.24) is 4.98 Å². The summed E-state index contributed by atoms with van der Waals surface area (Å²) in [5.74, 6) is 0.769. The van der Waals surface area contributed by atoms with E-state index in [1.165, 1.54) is 0 Å². The van der Waals surface area contributed by atoms with Gasteiger partial charge in [0.15, 0.2) is 6.29 Å². The molecule has 2 heterocycles. The fourth-order valence-electron chi connectivity index (χ4n) is 1.54. The molecule has 0 aliphatic carbocycles. The molecule has 1 fully saturated rings. The van der Waals surface area contributed by atoms with Crippen LogP contribution in [0.1, 0.15) is 10.4 Å². The van der Waals surface area contributed by atoms with E-state index in [1.54, 1.807) is 18.3 Å². The minimum absolute atomic E-state index is 0.648. The monoisotopic (exact) mass is 192 g/mol. The Bertz CT molecular complexity index is 322. The Balaban J connectivity index is 2.24. The maximum Gasteiger partial charge on any atom is 0.153 e. The molecular weight excluding hydrogens is 180 g/mol. The first kappa shape index (κ1) is 9.15. The molecule has 1 aliphatic rings. The van der Waals surface area contributed by atoms with E-state index in [4.69, 9.17) is 4.74 Å². The lowest BCUT2D eigenvalue weighted by Crippen LogP contribution is -2.37. The molecule has 2 rings (SSSR count). The standard InChI is InChI=1S/C10H12N2O2/c13-8-9-2-1-3-11-10(9)12-4-6-14-7-5-12/h1-3,8H,4-7H2. The molecule has 4 nitrogen and oxygen atoms in total. The minimum atomic E-state index is 0.648. The summed E-state index contributed by atoms with van der Waals surface area (Å²) in [6, 6.07) is 3.55. The summed E-state index contributed by atoms with van der Waals surface area (Å²) in [4.78, 5) is 17.1. The van der Waals surface area contributed by atoms with E-state index in [0.29, 0.717) is 18.8 Å². The summed E-state index contributed by atoms with van der Waals surface area (Å²) in [7, 11) is 0. The molecule has 1 saturated heterocycles. The molecule has 14 heavy (non-hydrogen) atoms. The number of aromatic nitrogens is 1. The van der Waals surface area contributed by atoms with Gasteiger partial charge in [-0.1, -0.05) is 0 Å². The summed E-state index contributed by atoms with van der Waals surface area (Å²) in [5, 5.41) is 0. The van der Waals surface area contributed by atoms with Gasteiger partial charge < -0.3 is 9.64 Å². The highest BCUT2D eigenvalue weighted by Crippen LogP contribution is 2.16. The summed E-state index contributed by atoms with van der Waals surface area (Å²) in [6.45, 7) is 3.01. The Hall–Kier alpha value is -1.42. The van der Waals surface area contributed by atoms with Crippen LogP contribution in [0.4, 0.5) is 5.82 Å². The number of nitrogens with zero attached hydrogens (tertiary/aromatic N) is 2. The summed E-state index contributed by atoms with van der Waals surface area (Å²) < 4.78 is 5.24. The van der Waals surface area contributed by atoms with Crippen molar-refractivity contribution in [2.24, 2.45) is 0 Å². The molecule has 1 aliphatic heterocycles. The van der Waals surface area contributed by atoms with Crippen LogP contribution < -0.4 is 4.90 Å². The van der Waals surface area contributed by atoms with Crippen molar-refractivity contribution >= 4 is 12.1 Å². The predicted molar refractivity (Wildman–Crippen MR) is 52.7 cm³/mol. The molecule has 0 bridgehead atoms. The van der Waals surface area contributed by atoms with Crippen molar-refractivity contribution in [3.8, 4) is 0 Å². The SMILES string of the molecule is O=Cc1cccnc1N1CCOCC1. The van der Waals surface area contributed by atoms with Crippen molar-refractivity contribution in [3.63, 3.8) is 0 Å². The van der Waals surface area contributed by atoms with Gasteiger partial charge >= 0.3 is 0 Å². The second-order valence-corrected chi connectivity index (χ2v) is 3.13. The normalized spacial score (nSPS) is 16.7. The van der Waals surface area contributed by atoms with Gasteiger partial charge in [0.1, 0.15) is 5.82 Å². The van der Waals surface area contributed by atoms with E-state index >= 15 is 0 Å². The topological polar surface area (TPSA) is 42.4 Å². The number of anilines is 1. The third-order valence-corrected chi connectivity index (χ3v) is 2.25. The van der Waals surface area contributed by atoms with Crippen LogP contribution in [-0.2, 0) is 4.74 Å². The van der Waals surface area contributed by atoms with Crippen LogP contribution in [0.3, 0.4) is 0 Å². The lowest BCUT2D eigenvalue weighted by molar-refractivity contribution is 0.111. The number of hydrogen-bond acceptors (Lipinski definition) is 4. The molecule has 0 aromatic carbocycles. The Labute approximate surface area is 82.5 Å². The first-order chi connectivity index (χ1) is 6.92. The van der Waals surface area contributed by atoms with Gasteiger partial charge in [-0.15, -0.1) is 0 Å². The molecule has 4 heteroatoms. The molecule has 74 valence electrons. The van der Waals surface area contributed by atoms with Crippen LogP contribution >= 0.6 is 0 Å². The van der Waals surface area contributed by atoms with Gasteiger partial charge in [-0.2, -0.15) is 0 Å². The molecule has 0 saturated carbocycles. The maximum absolute atomic E-state index is 10.8. The predicted octanol–water partition coefficient (Wildman–Crippen LogP) is 0.731. The number of aldehydes is 1. The molecule has 1 aromatic rings. The van der Waals surface area contributed by atoms with Crippen LogP contribution in [0.25, 0.3) is 0 Å². The number of rotatable bonds is 2. The van der Waals surface area contributed by atoms with Gasteiger partial charge in [0.2, 0.25) is 0 Å². The number of ether oxygens (including phenoxy) is 1. The Morgan fingerprint density at radius 1 is 1.43 bits per heavy atom. The third-order valence-electron chi connectivity index (χ3n) is 2.25. The maximum atomic E-state index is 10.8. The highest BCUT2D eigenvalue weighted by molar-refractivity contribution is 5.82. The van der Waals surface area contributed by atoms with Crippen LogP contribution in [0, 0.1) is 0 Å². The van der Waals surface area contributed by atoms with Gasteiger partial charge in [-0.05, 0) is 12.1 Å². The molecular formula is C10H12N2O2. The van der Waals surface area contributed by atoms with E-state index in [9.17, 15) is 4.79 Å². The first-order valence-electron chi connectivity index (χ1n) is 4.64. The molecule has 0 spiro atoms. The van der Waals surface area contributed by atoms with Crippen LogP contribution in [0.2, 0.25) is 0 Å². The van der Waals surface area contributed by atoms with E-state index in [2.05, 4.69) is 9.88 Å². The van der Waals surface area contributed by atoms with Crippen molar-refractivity contribution in [1.29, 1.82) is 0 Å². The molecule has 0 atom stereocenters. The van der Waals surface area contributed by atoms with Crippen LogP contribution in [0.5, 0.6) is 0 Å². The number of hydrogen-bond donors (Lipinski definition) is 0. The van der Waals surface area contributed by atoms with Crippen molar-refractivity contribution < 1.29 is 9.53 Å². The van der Waals surface area contributed by atoms with E-state index in [1.807, 2.05) is 0 Å². The van der Waals surface area contributed by atoms with Gasteiger partial charge in [0.05, 0.1) is 18.8 Å². The zero-order chi connectivity index (χ0) is 9.80. The zero-order valence-corrected chi connectivity index (χ0v) is 7.85. The molecule has 0 unspecified atom stereocenters. The minimum Gasteiger partial charge on any atom is -0.378 e. The van der Waals surface area contributed by atoms with Gasteiger partial charge in [0, 0.05) is 19.3 Å². The molecule has 0 N–H and O–H groups in total. The average molecular weight is 192 g/mol. The summed E-state index contributed by atoms with van der Waals surface area (Å²) in [6.07, 6.45) is 2.55. The van der Waals surface area contributed by atoms with E-state index in [0.717, 1.165) is 25.2 Å². The summed E-state index contributed by atoms with van der Waals surface area (Å²) >= 11 is 0. The van der Waals surface area contributed by atoms with Crippen molar-refractivity contribution in [3.05, 3.63) is 23.9 Å². The first-order valence-corrected chi connectivity index (χ1v) is 4.64. The lowest BCUT2D eigenvalue weighted by atomic mass is 10.2. The third kappa shape index (κ3) is 1.75. The smallest absolute Gasteiger partial charge is 0.153 e. The van der Waals surface area contributed by atoms with Crippen molar-refractivity contribution in [2.45, 2.75) is 0 Å². The number of carbonyl (C=O) groups excluding carboxylic acids is 1. The lowest BCUT2D eigenvalue weighted by Gasteiger charge is -2.28. The van der Waals surface area contributed by atoms with Crippen molar-refractivity contribution in [2.75, 3.05) is 31.2 Å². The molecule has 0 radical (unpaired) electrons. The van der Waals surface area contributed by atoms with Crippen LogP contribution in [0.15, 0.2) is 18.3 Å². The van der Waals surface area contributed by atoms with E-state index < -0.39 is 0 Å². The highest BCUT2D eigenvalue weighted by Gasteiger charge is 2.14. The molecule has 1 aromatic heterocycles. The van der Waals surface area contributed by atoms with Crippen LogP contribution in [-0.4, -0.2) is 37.6 Å². The fourth-order valence-corrected chi connectivity index (χ4v) is 1.54. The number of pyridine rings is 1. The summed E-state index contributed by atoms with van der Waals surface area (Å²) in [5.41, 5.74) is 0.648. The fraction of sp³-hybridized carbons (Fsp3) is 0.400. The number of morpholine rings is 1. The number of carbonyl (C=O) groups is 1. The quantitative estimate of drug-likeness (QED) is 0.648. The van der Waals surface area contributed by atoms with E-state index in [-0.39, 0.29) is 0 Å². The molecule has 0 amide bonds. The average Bonchev–Trinajstić information content (AvgIpc) is 2.30. The Morgan fingerprint density at radius 3 is 2.93 bits per heavy atom. The van der Waals surface area contributed by atoms with Gasteiger partial charge in [0.25, 0.3) is 0 Å². The van der Waals surface area contributed by atoms with Gasteiger partial charge in [-0.3, -0.25) is 4.79 Å². The highest BCUT2D eigenvalue weighted by atomic mass is 16.5. The second kappa shape index (κ2) is 4.19. The Kier molecular flexibility index (Phi) is 2.74. The Morgan fingerprint density at radius 2 is 2.21 bits per heavy atom. The zero-order valence-electron chi connectivity index (χ0n) is 7.85. The second-order valence-electron chi connectivity index (χ2n) is 3.13. The largest absolute Gasteiger partial charge is 0.378 e. The van der Waals surface area contributed by atoms with Gasteiger partial charge in [-0.25, -0.2) is 4.98 Å².